The lowest BCUT2D eigenvalue weighted by molar-refractivity contribution is -0.115. The van der Waals surface area contributed by atoms with Crippen LogP contribution in [0.25, 0.3) is 0 Å². The summed E-state index contributed by atoms with van der Waals surface area (Å²) in [6.45, 7) is 0. The maximum absolute atomic E-state index is 11.8. The molecule has 4 nitrogen and oxygen atoms in total. The number of benzene rings is 1. The molecule has 0 atom stereocenters. The van der Waals surface area contributed by atoms with Crippen molar-refractivity contribution < 1.29 is 4.79 Å². The third kappa shape index (κ3) is 3.30. The second-order valence-corrected chi connectivity index (χ2v) is 4.56. The van der Waals surface area contributed by atoms with E-state index in [2.05, 4.69) is 26.2 Å². The third-order valence-electron chi connectivity index (χ3n) is 2.35. The number of halogens is 1. The van der Waals surface area contributed by atoms with Crippen molar-refractivity contribution >= 4 is 33.2 Å². The van der Waals surface area contributed by atoms with Crippen LogP contribution in [-0.2, 0) is 11.2 Å². The van der Waals surface area contributed by atoms with Crippen molar-refractivity contribution in [1.82, 2.24) is 4.98 Å². The van der Waals surface area contributed by atoms with Gasteiger partial charge in [-0.25, -0.2) is 4.98 Å². The highest BCUT2D eigenvalue weighted by molar-refractivity contribution is 9.10. The van der Waals surface area contributed by atoms with E-state index in [0.29, 0.717) is 16.0 Å². The van der Waals surface area contributed by atoms with E-state index in [9.17, 15) is 4.79 Å². The van der Waals surface area contributed by atoms with Crippen molar-refractivity contribution in [2.45, 2.75) is 6.42 Å². The van der Waals surface area contributed by atoms with Gasteiger partial charge < -0.3 is 11.1 Å². The van der Waals surface area contributed by atoms with E-state index in [4.69, 9.17) is 5.73 Å². The normalized spacial score (nSPS) is 10.1. The van der Waals surface area contributed by atoms with Crippen molar-refractivity contribution in [2.24, 2.45) is 0 Å². The summed E-state index contributed by atoms with van der Waals surface area (Å²) in [5.74, 6) is -0.102. The number of nitrogens with two attached hydrogens (primary N) is 1. The van der Waals surface area contributed by atoms with Gasteiger partial charge in [-0.05, 0) is 45.8 Å². The van der Waals surface area contributed by atoms with Crippen LogP contribution in [0.2, 0.25) is 0 Å². The number of pyridine rings is 1. The number of amides is 1. The first-order valence-corrected chi connectivity index (χ1v) is 6.19. The van der Waals surface area contributed by atoms with E-state index in [1.807, 2.05) is 12.1 Å². The predicted octanol–water partition coefficient (Wildman–Crippen LogP) is 2.61. The molecule has 0 radical (unpaired) electrons. The number of aromatic nitrogens is 1. The molecule has 1 amide bonds. The summed E-state index contributed by atoms with van der Waals surface area (Å²) < 4.78 is 0.617. The van der Waals surface area contributed by atoms with Gasteiger partial charge in [0.2, 0.25) is 5.91 Å². The molecule has 0 saturated carbocycles. The summed E-state index contributed by atoms with van der Waals surface area (Å²) in [6, 6.07) is 10.8. The average Bonchev–Trinajstić information content (AvgIpc) is 2.32. The molecular weight excluding hydrogens is 294 g/mol. The highest BCUT2D eigenvalue weighted by Gasteiger charge is 2.06. The highest BCUT2D eigenvalue weighted by Crippen LogP contribution is 2.18. The molecule has 5 heteroatoms. The molecule has 18 heavy (non-hydrogen) atoms. The average molecular weight is 306 g/mol. The Bertz CT molecular complexity index is 572. The molecule has 0 bridgehead atoms. The van der Waals surface area contributed by atoms with Gasteiger partial charge in [0.05, 0.1) is 12.1 Å². The monoisotopic (exact) mass is 305 g/mol. The summed E-state index contributed by atoms with van der Waals surface area (Å²) in [4.78, 5) is 15.9. The van der Waals surface area contributed by atoms with Crippen LogP contribution >= 0.6 is 15.9 Å². The van der Waals surface area contributed by atoms with Gasteiger partial charge in [0.25, 0.3) is 0 Å². The summed E-state index contributed by atoms with van der Waals surface area (Å²) in [5, 5.41) is 2.79. The Kier molecular flexibility index (Phi) is 3.94. The number of hydrogen-bond acceptors (Lipinski definition) is 3. The first-order valence-electron chi connectivity index (χ1n) is 5.40. The first-order chi connectivity index (χ1) is 8.65. The molecule has 0 unspecified atom stereocenters. The standard InChI is InChI=1S/C13H12BrN3O/c14-13-11(5-2-6-16-13)17-12(18)8-9-3-1-4-10(15)7-9/h1-7H,8,15H2,(H,17,18). The molecule has 0 fully saturated rings. The predicted molar refractivity (Wildman–Crippen MR) is 75.1 cm³/mol. The molecule has 1 aromatic heterocycles. The Labute approximate surface area is 113 Å². The van der Waals surface area contributed by atoms with Crippen molar-refractivity contribution in [2.75, 3.05) is 11.1 Å². The number of nitrogens with zero attached hydrogens (tertiary/aromatic N) is 1. The fourth-order valence-corrected chi connectivity index (χ4v) is 1.91. The van der Waals surface area contributed by atoms with Gasteiger partial charge in [-0.1, -0.05) is 12.1 Å². The van der Waals surface area contributed by atoms with E-state index >= 15 is 0 Å². The van der Waals surface area contributed by atoms with Crippen LogP contribution in [0.5, 0.6) is 0 Å². The van der Waals surface area contributed by atoms with Crippen LogP contribution < -0.4 is 11.1 Å². The molecule has 0 aliphatic heterocycles. The molecule has 3 N–H and O–H groups in total. The van der Waals surface area contributed by atoms with E-state index in [-0.39, 0.29) is 12.3 Å². The molecule has 0 aliphatic rings. The van der Waals surface area contributed by atoms with Crippen LogP contribution in [0.3, 0.4) is 0 Å². The number of hydrogen-bond donors (Lipinski definition) is 2. The quantitative estimate of drug-likeness (QED) is 0.676. The second kappa shape index (κ2) is 5.64. The zero-order chi connectivity index (χ0) is 13.0. The van der Waals surface area contributed by atoms with Crippen LogP contribution in [0.15, 0.2) is 47.2 Å². The molecule has 0 aliphatic carbocycles. The van der Waals surface area contributed by atoms with E-state index in [0.717, 1.165) is 5.56 Å². The van der Waals surface area contributed by atoms with Crippen LogP contribution in [0, 0.1) is 0 Å². The molecule has 0 spiro atoms. The van der Waals surface area contributed by atoms with E-state index < -0.39 is 0 Å². The van der Waals surface area contributed by atoms with Crippen LogP contribution in [-0.4, -0.2) is 10.9 Å². The molecule has 1 heterocycles. The second-order valence-electron chi connectivity index (χ2n) is 3.81. The van der Waals surface area contributed by atoms with Crippen molar-refractivity contribution in [3.8, 4) is 0 Å². The Hall–Kier alpha value is -1.88. The van der Waals surface area contributed by atoms with Gasteiger partial charge >= 0.3 is 0 Å². The largest absolute Gasteiger partial charge is 0.399 e. The smallest absolute Gasteiger partial charge is 0.228 e. The first kappa shape index (κ1) is 12.6. The summed E-state index contributed by atoms with van der Waals surface area (Å²) in [6.07, 6.45) is 1.93. The number of carbonyl (C=O) groups excluding carboxylic acids is 1. The van der Waals surface area contributed by atoms with Crippen molar-refractivity contribution in [1.29, 1.82) is 0 Å². The Balaban J connectivity index is 2.03. The zero-order valence-corrected chi connectivity index (χ0v) is 11.1. The van der Waals surface area contributed by atoms with Gasteiger partial charge in [0, 0.05) is 11.9 Å². The zero-order valence-electron chi connectivity index (χ0n) is 9.56. The van der Waals surface area contributed by atoms with Gasteiger partial charge in [0.15, 0.2) is 0 Å². The Morgan fingerprint density at radius 3 is 2.89 bits per heavy atom. The lowest BCUT2D eigenvalue weighted by atomic mass is 10.1. The maximum Gasteiger partial charge on any atom is 0.228 e. The van der Waals surface area contributed by atoms with Gasteiger partial charge in [-0.2, -0.15) is 0 Å². The molecular formula is C13H12BrN3O. The fourth-order valence-electron chi connectivity index (χ4n) is 1.56. The lowest BCUT2D eigenvalue weighted by Crippen LogP contribution is -2.15. The molecule has 92 valence electrons. The van der Waals surface area contributed by atoms with Gasteiger partial charge in [-0.15, -0.1) is 0 Å². The van der Waals surface area contributed by atoms with E-state index in [1.165, 1.54) is 0 Å². The minimum absolute atomic E-state index is 0.102. The number of nitrogen functional groups attached to an aromatic ring is 1. The third-order valence-corrected chi connectivity index (χ3v) is 2.98. The molecule has 2 rings (SSSR count). The summed E-state index contributed by atoms with van der Waals surface area (Å²) in [5.41, 5.74) is 7.86. The fraction of sp³-hybridized carbons (Fsp3) is 0.0769. The topological polar surface area (TPSA) is 68.0 Å². The summed E-state index contributed by atoms with van der Waals surface area (Å²) >= 11 is 3.28. The Morgan fingerprint density at radius 2 is 2.17 bits per heavy atom. The van der Waals surface area contributed by atoms with Gasteiger partial charge in [0.1, 0.15) is 4.60 Å². The molecule has 2 aromatic rings. The highest BCUT2D eigenvalue weighted by atomic mass is 79.9. The minimum Gasteiger partial charge on any atom is -0.399 e. The number of carbonyl (C=O) groups is 1. The number of anilines is 2. The van der Waals surface area contributed by atoms with Crippen molar-refractivity contribution in [3.05, 3.63) is 52.8 Å². The van der Waals surface area contributed by atoms with Crippen LogP contribution in [0.4, 0.5) is 11.4 Å². The SMILES string of the molecule is Nc1cccc(CC(=O)Nc2cccnc2Br)c1. The molecule has 0 saturated heterocycles. The van der Waals surface area contributed by atoms with Gasteiger partial charge in [-0.3, -0.25) is 4.79 Å². The Morgan fingerprint density at radius 1 is 1.33 bits per heavy atom. The minimum atomic E-state index is -0.102. The lowest BCUT2D eigenvalue weighted by Gasteiger charge is -2.06. The maximum atomic E-state index is 11.8. The summed E-state index contributed by atoms with van der Waals surface area (Å²) in [7, 11) is 0. The van der Waals surface area contributed by atoms with Crippen molar-refractivity contribution in [3.63, 3.8) is 0 Å². The number of rotatable bonds is 3. The van der Waals surface area contributed by atoms with Crippen LogP contribution in [0.1, 0.15) is 5.56 Å². The molecule has 1 aromatic carbocycles. The van der Waals surface area contributed by atoms with E-state index in [1.54, 1.807) is 30.5 Å². The number of nitrogens with one attached hydrogen (secondary N) is 1.